The Morgan fingerprint density at radius 1 is 1.32 bits per heavy atom. The summed E-state index contributed by atoms with van der Waals surface area (Å²) in [7, 11) is 1.70. The largest absolute Gasteiger partial charge is 0.497 e. The van der Waals surface area contributed by atoms with Gasteiger partial charge in [0.05, 0.1) is 7.11 Å². The number of thioether (sulfide) groups is 1. The van der Waals surface area contributed by atoms with Gasteiger partial charge >= 0.3 is 0 Å². The molecule has 1 N–H and O–H groups in total. The first-order valence-electron chi connectivity index (χ1n) is 9.81. The van der Waals surface area contributed by atoms with E-state index in [-0.39, 0.29) is 0 Å². The smallest absolute Gasteiger partial charge is 0.176 e. The molecular weight excluding hydrogens is 368 g/mol. The van der Waals surface area contributed by atoms with E-state index in [0.29, 0.717) is 25.2 Å². The van der Waals surface area contributed by atoms with Crippen LogP contribution in [0.5, 0.6) is 5.75 Å². The summed E-state index contributed by atoms with van der Waals surface area (Å²) < 4.78 is 5.26. The molecule has 0 amide bonds. The normalized spacial score (nSPS) is 11.1. The number of Topliss-reactive ketones (excluding diaryl/α,β-unsaturated/α-hetero) is 1. The third kappa shape index (κ3) is 12.2. The quantitative estimate of drug-likeness (QED) is 0.267. The van der Waals surface area contributed by atoms with Gasteiger partial charge in [0, 0.05) is 24.3 Å². The molecule has 0 saturated carbocycles. The van der Waals surface area contributed by atoms with Gasteiger partial charge in [-0.2, -0.15) is 5.26 Å². The summed E-state index contributed by atoms with van der Waals surface area (Å²) in [5.41, 5.74) is 1.22. The third-order valence-corrected chi connectivity index (χ3v) is 4.97. The fourth-order valence-corrected chi connectivity index (χ4v) is 3.21. The van der Waals surface area contributed by atoms with Crippen LogP contribution in [0, 0.1) is 11.5 Å². The van der Waals surface area contributed by atoms with Gasteiger partial charge in [-0.3, -0.25) is 4.79 Å². The summed E-state index contributed by atoms with van der Waals surface area (Å²) in [6.07, 6.45) is 10.2. The number of nitrogens with one attached hydrogen (secondary N) is 1. The molecule has 5 heteroatoms. The summed E-state index contributed by atoms with van der Waals surface area (Å²) >= 11 is 1.81. The van der Waals surface area contributed by atoms with Crippen LogP contribution in [0.15, 0.2) is 41.3 Å². The van der Waals surface area contributed by atoms with Crippen molar-refractivity contribution in [2.75, 3.05) is 13.7 Å². The van der Waals surface area contributed by atoms with Crippen molar-refractivity contribution < 1.29 is 9.53 Å². The number of carbonyl (C=O) groups excluding carboxylic acids is 1. The molecule has 0 aliphatic heterocycles. The van der Waals surface area contributed by atoms with Crippen LogP contribution in [0.1, 0.15) is 65.4 Å². The monoisotopic (exact) mass is 402 g/mol. The second kappa shape index (κ2) is 16.9. The van der Waals surface area contributed by atoms with Crippen molar-refractivity contribution in [3.8, 4) is 11.9 Å². The Morgan fingerprint density at radius 2 is 2.07 bits per heavy atom. The van der Waals surface area contributed by atoms with Gasteiger partial charge in [0.25, 0.3) is 0 Å². The van der Waals surface area contributed by atoms with E-state index in [9.17, 15) is 4.79 Å². The van der Waals surface area contributed by atoms with Crippen LogP contribution in [0.25, 0.3) is 4.91 Å². The van der Waals surface area contributed by atoms with E-state index in [1.165, 1.54) is 15.4 Å². The second-order valence-corrected chi connectivity index (χ2v) is 7.43. The number of nitriles is 1. The molecule has 4 nitrogen and oxygen atoms in total. The zero-order valence-electron chi connectivity index (χ0n) is 17.9. The molecule has 1 rings (SSSR count). The average molecular weight is 403 g/mol. The highest BCUT2D eigenvalue weighted by Crippen LogP contribution is 2.34. The van der Waals surface area contributed by atoms with Crippen molar-refractivity contribution >= 4 is 22.5 Å². The highest BCUT2D eigenvalue weighted by molar-refractivity contribution is 8.11. The molecule has 0 aliphatic carbocycles. The van der Waals surface area contributed by atoms with E-state index < -0.39 is 0 Å². The van der Waals surface area contributed by atoms with Gasteiger partial charge in [0.2, 0.25) is 0 Å². The lowest BCUT2D eigenvalue weighted by atomic mass is 10.1. The molecule has 28 heavy (non-hydrogen) atoms. The number of ketones is 1. The standard InChI is InChI=1S/C15H20OS.C8H14N2O/c1-5-8-15(17-12(3)6-2)13-9-7-10-14(11-13)16-4;1-2-4-8(11)5-3-6-10-7-9/h6-11H,5H2,1-4H3;10H,2-6H2,1H3/b12-6-,15-8+;. The SMILES string of the molecule is C/C=C(/C)S/C(=C/CC)c1cccc(OC)c1.CCCC(=O)CCCNC#N. The van der Waals surface area contributed by atoms with Crippen molar-refractivity contribution in [3.63, 3.8) is 0 Å². The van der Waals surface area contributed by atoms with E-state index >= 15 is 0 Å². The van der Waals surface area contributed by atoms with Crippen LogP contribution in [0.3, 0.4) is 0 Å². The average Bonchev–Trinajstić information content (AvgIpc) is 2.71. The number of rotatable bonds is 11. The summed E-state index contributed by atoms with van der Waals surface area (Å²) in [5, 5.41) is 10.6. The van der Waals surface area contributed by atoms with Crippen molar-refractivity contribution in [2.24, 2.45) is 0 Å². The molecule has 0 atom stereocenters. The van der Waals surface area contributed by atoms with Crippen molar-refractivity contribution in [1.82, 2.24) is 5.32 Å². The summed E-state index contributed by atoms with van der Waals surface area (Å²) in [6, 6.07) is 8.21. The fourth-order valence-electron chi connectivity index (χ4n) is 2.25. The predicted octanol–water partition coefficient (Wildman–Crippen LogP) is 6.31. The van der Waals surface area contributed by atoms with Crippen LogP contribution >= 0.6 is 11.8 Å². The van der Waals surface area contributed by atoms with Gasteiger partial charge in [0.1, 0.15) is 11.5 Å². The lowest BCUT2D eigenvalue weighted by molar-refractivity contribution is -0.119. The van der Waals surface area contributed by atoms with Gasteiger partial charge in [-0.05, 0) is 55.7 Å². The number of hydrogen-bond acceptors (Lipinski definition) is 5. The van der Waals surface area contributed by atoms with Gasteiger partial charge in [-0.15, -0.1) is 0 Å². The molecule has 1 aromatic carbocycles. The number of carbonyl (C=O) groups is 1. The minimum Gasteiger partial charge on any atom is -0.497 e. The van der Waals surface area contributed by atoms with Crippen molar-refractivity contribution in [2.45, 2.75) is 59.8 Å². The fraction of sp³-hybridized carbons (Fsp3) is 0.478. The predicted molar refractivity (Wildman–Crippen MR) is 121 cm³/mol. The Kier molecular flexibility index (Phi) is 15.6. The Morgan fingerprint density at radius 3 is 2.64 bits per heavy atom. The minimum absolute atomic E-state index is 0.298. The van der Waals surface area contributed by atoms with E-state index in [1.807, 2.05) is 37.0 Å². The number of nitrogens with zero attached hydrogens (tertiary/aromatic N) is 1. The van der Waals surface area contributed by atoms with E-state index in [1.54, 1.807) is 7.11 Å². The minimum atomic E-state index is 0.298. The van der Waals surface area contributed by atoms with Crippen LogP contribution in [-0.2, 0) is 4.79 Å². The molecule has 0 radical (unpaired) electrons. The zero-order valence-corrected chi connectivity index (χ0v) is 18.7. The number of benzene rings is 1. The lowest BCUT2D eigenvalue weighted by Crippen LogP contribution is -2.09. The molecule has 0 saturated heterocycles. The van der Waals surface area contributed by atoms with E-state index in [2.05, 4.69) is 50.4 Å². The molecule has 0 fully saturated rings. The lowest BCUT2D eigenvalue weighted by Gasteiger charge is -2.09. The molecule has 0 heterocycles. The highest BCUT2D eigenvalue weighted by atomic mass is 32.2. The molecule has 1 aromatic rings. The van der Waals surface area contributed by atoms with Crippen molar-refractivity contribution in [3.05, 3.63) is 46.9 Å². The summed E-state index contributed by atoms with van der Waals surface area (Å²) in [5.74, 6) is 1.20. The Balaban J connectivity index is 0.000000576. The van der Waals surface area contributed by atoms with Gasteiger partial charge < -0.3 is 10.1 Å². The van der Waals surface area contributed by atoms with Gasteiger partial charge in [-0.1, -0.05) is 49.9 Å². The maximum absolute atomic E-state index is 10.9. The summed E-state index contributed by atoms with van der Waals surface area (Å²) in [6.45, 7) is 8.97. The van der Waals surface area contributed by atoms with Crippen LogP contribution in [0.2, 0.25) is 0 Å². The van der Waals surface area contributed by atoms with Crippen LogP contribution in [0.4, 0.5) is 0 Å². The van der Waals surface area contributed by atoms with E-state index in [0.717, 1.165) is 25.0 Å². The van der Waals surface area contributed by atoms with Crippen LogP contribution < -0.4 is 10.1 Å². The zero-order chi connectivity index (χ0) is 21.2. The summed E-state index contributed by atoms with van der Waals surface area (Å²) in [4.78, 5) is 13.5. The third-order valence-electron chi connectivity index (χ3n) is 3.79. The first kappa shape index (κ1) is 25.8. The Labute approximate surface area is 175 Å². The number of ether oxygens (including phenoxy) is 1. The first-order valence-corrected chi connectivity index (χ1v) is 10.6. The highest BCUT2D eigenvalue weighted by Gasteiger charge is 2.04. The Bertz CT molecular complexity index is 675. The molecule has 0 spiro atoms. The Hall–Kier alpha value is -2.19. The maximum atomic E-state index is 10.9. The molecule has 154 valence electrons. The first-order chi connectivity index (χ1) is 13.5. The number of methoxy groups -OCH3 is 1. The number of allylic oxidation sites excluding steroid dienone is 3. The van der Waals surface area contributed by atoms with Gasteiger partial charge in [-0.25, -0.2) is 0 Å². The van der Waals surface area contributed by atoms with Crippen molar-refractivity contribution in [1.29, 1.82) is 5.26 Å². The van der Waals surface area contributed by atoms with Gasteiger partial charge in [0.15, 0.2) is 6.19 Å². The topological polar surface area (TPSA) is 62.1 Å². The van der Waals surface area contributed by atoms with Crippen LogP contribution in [-0.4, -0.2) is 19.4 Å². The number of hydrogen-bond donors (Lipinski definition) is 1. The molecule has 0 bridgehead atoms. The second-order valence-electron chi connectivity index (χ2n) is 6.14. The molecule has 0 unspecified atom stereocenters. The molecule has 0 aromatic heterocycles. The molecule has 0 aliphatic rings. The maximum Gasteiger partial charge on any atom is 0.176 e. The molecular formula is C23H34N2O2S. The van der Waals surface area contributed by atoms with E-state index in [4.69, 9.17) is 10.00 Å².